The number of alkyl carbamates (subject to hydrolysis) is 1. The molecule has 0 radical (unpaired) electrons. The fraction of sp³-hybridized carbons (Fsp3) is 0.158. The minimum Gasteiger partial charge on any atom is -0.445 e. The number of amides is 1. The van der Waals surface area contributed by atoms with Crippen molar-refractivity contribution < 1.29 is 9.53 Å². The van der Waals surface area contributed by atoms with Gasteiger partial charge in [0.2, 0.25) is 0 Å². The minimum atomic E-state index is -0.429. The van der Waals surface area contributed by atoms with Crippen LogP contribution in [0.5, 0.6) is 0 Å². The van der Waals surface area contributed by atoms with Crippen molar-refractivity contribution in [3.63, 3.8) is 0 Å². The molecule has 0 aliphatic carbocycles. The van der Waals surface area contributed by atoms with Crippen molar-refractivity contribution in [2.45, 2.75) is 13.5 Å². The number of carbonyl (C=O) groups is 1. The number of fused-ring (bicyclic) bond motifs is 1. The van der Waals surface area contributed by atoms with E-state index in [0.717, 1.165) is 27.7 Å². The van der Waals surface area contributed by atoms with Crippen LogP contribution in [-0.4, -0.2) is 22.8 Å². The van der Waals surface area contributed by atoms with Gasteiger partial charge in [0.05, 0.1) is 5.52 Å². The van der Waals surface area contributed by atoms with Crippen LogP contribution >= 0.6 is 0 Å². The molecule has 2 N–H and O–H groups in total. The zero-order chi connectivity index (χ0) is 16.8. The number of rotatable bonds is 5. The average Bonchev–Trinajstić information content (AvgIpc) is 2.98. The Balaban J connectivity index is 1.46. The average molecular weight is 321 g/mol. The maximum absolute atomic E-state index is 11.6. The molecule has 2 aromatic carbocycles. The highest BCUT2D eigenvalue weighted by atomic mass is 16.5. The third kappa shape index (κ3) is 4.01. The molecule has 1 aromatic heterocycles. The largest absolute Gasteiger partial charge is 0.445 e. The summed E-state index contributed by atoms with van der Waals surface area (Å²) in [5.74, 6) is 0. The van der Waals surface area contributed by atoms with Crippen LogP contribution in [0, 0.1) is 6.92 Å². The zero-order valence-corrected chi connectivity index (χ0v) is 13.5. The molecule has 0 aliphatic rings. The van der Waals surface area contributed by atoms with Crippen molar-refractivity contribution in [2.75, 3.05) is 6.54 Å². The lowest BCUT2D eigenvalue weighted by Gasteiger charge is -2.05. The normalized spacial score (nSPS) is 11.0. The molecule has 24 heavy (non-hydrogen) atoms. The summed E-state index contributed by atoms with van der Waals surface area (Å²) in [7, 11) is 0. The second kappa shape index (κ2) is 7.46. The van der Waals surface area contributed by atoms with Crippen molar-refractivity contribution in [3.8, 4) is 0 Å². The Morgan fingerprint density at radius 3 is 2.92 bits per heavy atom. The Kier molecular flexibility index (Phi) is 4.91. The monoisotopic (exact) mass is 321 g/mol. The first kappa shape index (κ1) is 15.8. The molecule has 0 atom stereocenters. The molecule has 0 saturated carbocycles. The van der Waals surface area contributed by atoms with Crippen LogP contribution in [0.1, 0.15) is 16.8 Å². The molecule has 1 amide bonds. The lowest BCUT2D eigenvalue weighted by molar-refractivity contribution is 0.141. The molecule has 5 heteroatoms. The maximum Gasteiger partial charge on any atom is 0.407 e. The van der Waals surface area contributed by atoms with Gasteiger partial charge < -0.3 is 10.1 Å². The second-order valence-electron chi connectivity index (χ2n) is 5.47. The van der Waals surface area contributed by atoms with E-state index in [2.05, 4.69) is 15.5 Å². The molecule has 0 unspecified atom stereocenters. The van der Waals surface area contributed by atoms with Gasteiger partial charge in [-0.1, -0.05) is 54.6 Å². The van der Waals surface area contributed by atoms with Crippen LogP contribution in [0.3, 0.4) is 0 Å². The Hall–Kier alpha value is -3.08. The minimum absolute atomic E-state index is 0.269. The number of benzene rings is 2. The molecule has 3 aromatic rings. The van der Waals surface area contributed by atoms with Crippen molar-refractivity contribution in [1.82, 2.24) is 15.5 Å². The number of aryl methyl sites for hydroxylation is 1. The summed E-state index contributed by atoms with van der Waals surface area (Å²) in [5, 5.41) is 11.0. The summed E-state index contributed by atoms with van der Waals surface area (Å²) in [4.78, 5) is 11.6. The number of aromatic nitrogens is 2. The Morgan fingerprint density at radius 1 is 1.25 bits per heavy atom. The number of hydrogen-bond acceptors (Lipinski definition) is 3. The molecule has 0 fully saturated rings. The molecular formula is C19H19N3O2. The summed E-state index contributed by atoms with van der Waals surface area (Å²) in [6.45, 7) is 2.67. The number of nitrogens with zero attached hydrogens (tertiary/aromatic N) is 1. The smallest absolute Gasteiger partial charge is 0.407 e. The van der Waals surface area contributed by atoms with Crippen LogP contribution in [0.15, 0.2) is 54.6 Å². The Bertz CT molecular complexity index is 853. The van der Waals surface area contributed by atoms with E-state index < -0.39 is 6.09 Å². The Morgan fingerprint density at radius 2 is 2.08 bits per heavy atom. The van der Waals surface area contributed by atoms with Gasteiger partial charge in [-0.3, -0.25) is 5.10 Å². The second-order valence-corrected chi connectivity index (χ2v) is 5.47. The number of H-pyrrole nitrogens is 1. The highest BCUT2D eigenvalue weighted by Gasteiger charge is 2.02. The first-order valence-electron chi connectivity index (χ1n) is 7.78. The number of carbonyl (C=O) groups excluding carboxylic acids is 1. The Labute approximate surface area is 140 Å². The molecule has 0 saturated heterocycles. The molecule has 1 heterocycles. The first-order chi connectivity index (χ1) is 11.7. The van der Waals surface area contributed by atoms with Gasteiger partial charge in [0.25, 0.3) is 0 Å². The molecular weight excluding hydrogens is 302 g/mol. The summed E-state index contributed by atoms with van der Waals surface area (Å²) in [6, 6.07) is 15.7. The third-order valence-corrected chi connectivity index (χ3v) is 3.66. The standard InChI is InChI=1S/C19H19N3O2/c1-14-17-10-9-15(12-18(17)22-21-14)8-5-11-20-19(23)24-13-16-6-3-2-4-7-16/h2-10,12H,11,13H2,1H3,(H,20,23)(H,21,22). The van der Waals surface area contributed by atoms with Crippen LogP contribution in [0.4, 0.5) is 4.79 Å². The predicted molar refractivity (Wildman–Crippen MR) is 94.5 cm³/mol. The van der Waals surface area contributed by atoms with E-state index in [1.807, 2.05) is 67.6 Å². The number of ether oxygens (including phenoxy) is 1. The van der Waals surface area contributed by atoms with Crippen LogP contribution < -0.4 is 5.32 Å². The van der Waals surface area contributed by atoms with E-state index >= 15 is 0 Å². The molecule has 5 nitrogen and oxygen atoms in total. The van der Waals surface area contributed by atoms with E-state index in [1.54, 1.807) is 0 Å². The highest BCUT2D eigenvalue weighted by molar-refractivity contribution is 5.83. The van der Waals surface area contributed by atoms with Crippen molar-refractivity contribution in [1.29, 1.82) is 0 Å². The van der Waals surface area contributed by atoms with E-state index in [0.29, 0.717) is 6.54 Å². The first-order valence-corrected chi connectivity index (χ1v) is 7.78. The van der Waals surface area contributed by atoms with E-state index in [1.165, 1.54) is 0 Å². The highest BCUT2D eigenvalue weighted by Crippen LogP contribution is 2.17. The summed E-state index contributed by atoms with van der Waals surface area (Å²) in [5.41, 5.74) is 3.99. The quantitative estimate of drug-likeness (QED) is 0.751. The summed E-state index contributed by atoms with van der Waals surface area (Å²) < 4.78 is 5.14. The lowest BCUT2D eigenvalue weighted by atomic mass is 10.1. The maximum atomic E-state index is 11.6. The third-order valence-electron chi connectivity index (χ3n) is 3.66. The van der Waals surface area contributed by atoms with E-state index in [9.17, 15) is 4.79 Å². The fourth-order valence-corrected chi connectivity index (χ4v) is 2.38. The topological polar surface area (TPSA) is 67.0 Å². The van der Waals surface area contributed by atoms with Crippen molar-refractivity contribution >= 4 is 23.1 Å². The van der Waals surface area contributed by atoms with Gasteiger partial charge in [0, 0.05) is 17.6 Å². The number of hydrogen-bond donors (Lipinski definition) is 2. The zero-order valence-electron chi connectivity index (χ0n) is 13.5. The molecule has 122 valence electrons. The summed E-state index contributed by atoms with van der Waals surface area (Å²) >= 11 is 0. The van der Waals surface area contributed by atoms with E-state index in [-0.39, 0.29) is 6.61 Å². The van der Waals surface area contributed by atoms with Gasteiger partial charge >= 0.3 is 6.09 Å². The van der Waals surface area contributed by atoms with Crippen LogP contribution in [0.2, 0.25) is 0 Å². The van der Waals surface area contributed by atoms with Crippen LogP contribution in [0.25, 0.3) is 17.0 Å². The number of nitrogens with one attached hydrogen (secondary N) is 2. The van der Waals surface area contributed by atoms with Gasteiger partial charge in [-0.15, -0.1) is 0 Å². The van der Waals surface area contributed by atoms with Gasteiger partial charge in [-0.2, -0.15) is 5.10 Å². The van der Waals surface area contributed by atoms with Crippen molar-refractivity contribution in [2.24, 2.45) is 0 Å². The van der Waals surface area contributed by atoms with Gasteiger partial charge in [0.15, 0.2) is 0 Å². The van der Waals surface area contributed by atoms with Crippen LogP contribution in [-0.2, 0) is 11.3 Å². The molecule has 3 rings (SSSR count). The number of aromatic amines is 1. The lowest BCUT2D eigenvalue weighted by Crippen LogP contribution is -2.24. The fourth-order valence-electron chi connectivity index (χ4n) is 2.38. The molecule has 0 bridgehead atoms. The molecule has 0 aliphatic heterocycles. The summed E-state index contributed by atoms with van der Waals surface area (Å²) in [6.07, 6.45) is 3.40. The molecule has 0 spiro atoms. The predicted octanol–water partition coefficient (Wildman–Crippen LogP) is 3.81. The van der Waals surface area contributed by atoms with Gasteiger partial charge in [-0.25, -0.2) is 4.79 Å². The van der Waals surface area contributed by atoms with E-state index in [4.69, 9.17) is 4.74 Å². The SMILES string of the molecule is Cc1[nH]nc2cc(C=CCNC(=O)OCc3ccccc3)ccc12. The van der Waals surface area contributed by atoms with Crippen molar-refractivity contribution in [3.05, 3.63) is 71.4 Å². The van der Waals surface area contributed by atoms with Gasteiger partial charge in [0.1, 0.15) is 6.61 Å². The van der Waals surface area contributed by atoms with Gasteiger partial charge in [-0.05, 0) is 24.1 Å².